The van der Waals surface area contributed by atoms with E-state index in [9.17, 15) is 9.59 Å². The zero-order valence-corrected chi connectivity index (χ0v) is 9.45. The standard InChI is InChI=1S/C8H13NO2S2/c1-8(2,5-12)4-9-6(10)3-13-7(9)11/h12H,3-5H2,1-2H3. The Labute approximate surface area is 87.6 Å². The molecule has 0 radical (unpaired) electrons. The number of nitrogens with zero attached hydrogens (tertiary/aromatic N) is 1. The predicted molar refractivity (Wildman–Crippen MR) is 57.2 cm³/mol. The normalized spacial score (nSPS) is 18.5. The molecule has 0 N–H and O–H groups in total. The third kappa shape index (κ3) is 2.64. The first-order valence-corrected chi connectivity index (χ1v) is 5.66. The molecular weight excluding hydrogens is 206 g/mol. The molecule has 1 heterocycles. The second kappa shape index (κ2) is 3.92. The predicted octanol–water partition coefficient (Wildman–Crippen LogP) is 1.64. The molecule has 1 aliphatic rings. The van der Waals surface area contributed by atoms with Gasteiger partial charge in [0.05, 0.1) is 5.75 Å². The molecule has 0 saturated carbocycles. The zero-order chi connectivity index (χ0) is 10.1. The van der Waals surface area contributed by atoms with Crippen molar-refractivity contribution < 1.29 is 9.59 Å². The summed E-state index contributed by atoms with van der Waals surface area (Å²) < 4.78 is 0. The molecule has 74 valence electrons. The summed E-state index contributed by atoms with van der Waals surface area (Å²) in [6.07, 6.45) is 0. The molecule has 2 amide bonds. The molecule has 0 spiro atoms. The highest BCUT2D eigenvalue weighted by Crippen LogP contribution is 2.25. The van der Waals surface area contributed by atoms with Crippen molar-refractivity contribution in [1.82, 2.24) is 4.90 Å². The molecule has 3 nitrogen and oxygen atoms in total. The average molecular weight is 219 g/mol. The van der Waals surface area contributed by atoms with E-state index in [1.54, 1.807) is 0 Å². The molecular formula is C8H13NO2S2. The lowest BCUT2D eigenvalue weighted by Gasteiger charge is -2.26. The van der Waals surface area contributed by atoms with Crippen LogP contribution in [0.5, 0.6) is 0 Å². The third-order valence-electron chi connectivity index (χ3n) is 1.85. The number of carbonyl (C=O) groups is 2. The van der Waals surface area contributed by atoms with Gasteiger partial charge in [-0.2, -0.15) is 12.6 Å². The second-order valence-electron chi connectivity index (χ2n) is 3.86. The Hall–Kier alpha value is -0.160. The maximum absolute atomic E-state index is 11.2. The fraction of sp³-hybridized carbons (Fsp3) is 0.750. The first kappa shape index (κ1) is 10.9. The van der Waals surface area contributed by atoms with Gasteiger partial charge < -0.3 is 0 Å². The minimum absolute atomic E-state index is 0.0788. The van der Waals surface area contributed by atoms with Crippen LogP contribution in [0, 0.1) is 5.41 Å². The second-order valence-corrected chi connectivity index (χ2v) is 5.10. The smallest absolute Gasteiger partial charge is 0.273 e. The molecule has 0 aromatic heterocycles. The molecule has 0 unspecified atom stereocenters. The van der Waals surface area contributed by atoms with Gasteiger partial charge in [0.25, 0.3) is 5.24 Å². The highest BCUT2D eigenvalue weighted by molar-refractivity contribution is 8.14. The Balaban J connectivity index is 2.62. The summed E-state index contributed by atoms with van der Waals surface area (Å²) in [6, 6.07) is 0. The van der Waals surface area contributed by atoms with Gasteiger partial charge >= 0.3 is 0 Å². The minimum atomic E-state index is -0.125. The summed E-state index contributed by atoms with van der Waals surface area (Å²) in [5.41, 5.74) is -0.0979. The summed E-state index contributed by atoms with van der Waals surface area (Å²) in [5.74, 6) is 0.876. The van der Waals surface area contributed by atoms with Crippen LogP contribution in [-0.4, -0.2) is 34.1 Å². The van der Waals surface area contributed by atoms with E-state index < -0.39 is 0 Å². The van der Waals surface area contributed by atoms with E-state index in [-0.39, 0.29) is 16.6 Å². The van der Waals surface area contributed by atoms with Crippen LogP contribution in [0.25, 0.3) is 0 Å². The molecule has 0 atom stereocenters. The molecule has 1 fully saturated rings. The number of hydrogen-bond acceptors (Lipinski definition) is 4. The van der Waals surface area contributed by atoms with E-state index in [1.807, 2.05) is 13.8 Å². The van der Waals surface area contributed by atoms with Crippen molar-refractivity contribution in [2.75, 3.05) is 18.1 Å². The van der Waals surface area contributed by atoms with Crippen molar-refractivity contribution in [2.24, 2.45) is 5.41 Å². The number of carbonyl (C=O) groups excluding carboxylic acids is 2. The van der Waals surface area contributed by atoms with Crippen LogP contribution in [0.1, 0.15) is 13.8 Å². The van der Waals surface area contributed by atoms with E-state index in [1.165, 1.54) is 4.90 Å². The number of hydrogen-bond donors (Lipinski definition) is 1. The fourth-order valence-electron chi connectivity index (χ4n) is 1.01. The van der Waals surface area contributed by atoms with Gasteiger partial charge in [0, 0.05) is 6.54 Å². The highest BCUT2D eigenvalue weighted by Gasteiger charge is 2.33. The first-order valence-electron chi connectivity index (χ1n) is 4.04. The molecule has 13 heavy (non-hydrogen) atoms. The van der Waals surface area contributed by atoms with Gasteiger partial charge in [-0.15, -0.1) is 0 Å². The van der Waals surface area contributed by atoms with Crippen LogP contribution in [0.2, 0.25) is 0 Å². The summed E-state index contributed by atoms with van der Waals surface area (Å²) in [4.78, 5) is 23.8. The summed E-state index contributed by atoms with van der Waals surface area (Å²) in [5, 5.41) is -0.125. The molecule has 0 bridgehead atoms. The maximum Gasteiger partial charge on any atom is 0.288 e. The zero-order valence-electron chi connectivity index (χ0n) is 7.74. The van der Waals surface area contributed by atoms with Crippen LogP contribution in [-0.2, 0) is 4.79 Å². The third-order valence-corrected chi connectivity index (χ3v) is 3.57. The maximum atomic E-state index is 11.2. The van der Waals surface area contributed by atoms with Gasteiger partial charge in [-0.25, -0.2) is 0 Å². The van der Waals surface area contributed by atoms with E-state index in [4.69, 9.17) is 0 Å². The number of thiol groups is 1. The Bertz CT molecular complexity index is 224. The van der Waals surface area contributed by atoms with E-state index in [2.05, 4.69) is 12.6 Å². The van der Waals surface area contributed by atoms with Gasteiger partial charge in [0.2, 0.25) is 5.91 Å². The Morgan fingerprint density at radius 2 is 2.15 bits per heavy atom. The summed E-state index contributed by atoms with van der Waals surface area (Å²) >= 11 is 5.25. The topological polar surface area (TPSA) is 37.4 Å². The Morgan fingerprint density at radius 1 is 1.54 bits per heavy atom. The summed E-state index contributed by atoms with van der Waals surface area (Å²) in [7, 11) is 0. The van der Waals surface area contributed by atoms with Gasteiger partial charge in [0.1, 0.15) is 0 Å². The largest absolute Gasteiger partial charge is 0.288 e. The van der Waals surface area contributed by atoms with Crippen LogP contribution < -0.4 is 0 Å². The van der Waals surface area contributed by atoms with Gasteiger partial charge in [0.15, 0.2) is 0 Å². The monoisotopic (exact) mass is 219 g/mol. The van der Waals surface area contributed by atoms with Crippen molar-refractivity contribution in [2.45, 2.75) is 13.8 Å². The fourth-order valence-corrected chi connectivity index (χ4v) is 1.84. The van der Waals surface area contributed by atoms with E-state index in [0.29, 0.717) is 18.1 Å². The molecule has 0 aliphatic carbocycles. The van der Waals surface area contributed by atoms with Gasteiger partial charge in [-0.1, -0.05) is 25.6 Å². The molecule has 0 aromatic carbocycles. The van der Waals surface area contributed by atoms with Gasteiger partial charge in [-0.3, -0.25) is 14.5 Å². The van der Waals surface area contributed by atoms with Crippen molar-refractivity contribution in [3.05, 3.63) is 0 Å². The lowest BCUT2D eigenvalue weighted by Crippen LogP contribution is -2.38. The van der Waals surface area contributed by atoms with Crippen molar-refractivity contribution in [3.8, 4) is 0 Å². The highest BCUT2D eigenvalue weighted by atomic mass is 32.2. The van der Waals surface area contributed by atoms with Crippen LogP contribution >= 0.6 is 24.4 Å². The number of rotatable bonds is 3. The SMILES string of the molecule is CC(C)(CS)CN1C(=O)CSC1=O. The lowest BCUT2D eigenvalue weighted by atomic mass is 9.96. The van der Waals surface area contributed by atoms with Gasteiger partial charge in [-0.05, 0) is 11.2 Å². The average Bonchev–Trinajstić information content (AvgIpc) is 2.36. The minimum Gasteiger partial charge on any atom is -0.273 e. The number of amides is 2. The summed E-state index contributed by atoms with van der Waals surface area (Å²) in [6.45, 7) is 4.45. The van der Waals surface area contributed by atoms with Crippen LogP contribution in [0.15, 0.2) is 0 Å². The Kier molecular flexibility index (Phi) is 3.29. The molecule has 1 rings (SSSR count). The molecule has 5 heteroatoms. The van der Waals surface area contributed by atoms with Crippen molar-refractivity contribution >= 4 is 35.5 Å². The Morgan fingerprint density at radius 3 is 2.54 bits per heavy atom. The van der Waals surface area contributed by atoms with Crippen molar-refractivity contribution in [1.29, 1.82) is 0 Å². The quantitative estimate of drug-likeness (QED) is 0.733. The number of thioether (sulfide) groups is 1. The first-order chi connectivity index (χ1) is 5.96. The number of imide groups is 1. The van der Waals surface area contributed by atoms with E-state index >= 15 is 0 Å². The van der Waals surface area contributed by atoms with Crippen LogP contribution in [0.4, 0.5) is 4.79 Å². The molecule has 1 saturated heterocycles. The molecule has 0 aromatic rings. The lowest BCUT2D eigenvalue weighted by molar-refractivity contribution is -0.125. The van der Waals surface area contributed by atoms with Crippen LogP contribution in [0.3, 0.4) is 0 Å². The molecule has 1 aliphatic heterocycles. The van der Waals surface area contributed by atoms with E-state index in [0.717, 1.165) is 11.8 Å². The van der Waals surface area contributed by atoms with Crippen molar-refractivity contribution in [3.63, 3.8) is 0 Å².